The van der Waals surface area contributed by atoms with E-state index in [0.29, 0.717) is 6.54 Å². The van der Waals surface area contributed by atoms with Crippen LogP contribution in [0.25, 0.3) is 0 Å². The van der Waals surface area contributed by atoms with Crippen molar-refractivity contribution in [2.45, 2.75) is 6.54 Å². The molecule has 0 aliphatic carbocycles. The van der Waals surface area contributed by atoms with Gasteiger partial charge in [-0.2, -0.15) is 0 Å². The molecule has 0 aliphatic rings. The summed E-state index contributed by atoms with van der Waals surface area (Å²) < 4.78 is 1.97. The topological polar surface area (TPSA) is 34.0 Å². The standard InChI is InChI=1S/C9H10N2O/c1-2-9(12)10-5-8-11-6-3-4-7-11/h1,3-4,6-7H,5,8H2,(H,10,12). The largest absolute Gasteiger partial charge is 0.353 e. The molecule has 3 nitrogen and oxygen atoms in total. The summed E-state index contributed by atoms with van der Waals surface area (Å²) in [5.74, 6) is 1.63. The molecule has 1 aromatic rings. The normalized spacial score (nSPS) is 8.92. The second-order valence-electron chi connectivity index (χ2n) is 2.32. The van der Waals surface area contributed by atoms with Gasteiger partial charge < -0.3 is 9.88 Å². The summed E-state index contributed by atoms with van der Waals surface area (Å²) in [7, 11) is 0. The highest BCUT2D eigenvalue weighted by Gasteiger charge is 1.92. The summed E-state index contributed by atoms with van der Waals surface area (Å²) in [6.07, 6.45) is 8.73. The summed E-state index contributed by atoms with van der Waals surface area (Å²) in [6, 6.07) is 3.87. The van der Waals surface area contributed by atoms with Gasteiger partial charge in [-0.05, 0) is 18.1 Å². The lowest BCUT2D eigenvalue weighted by Crippen LogP contribution is -2.25. The molecule has 0 aliphatic heterocycles. The Morgan fingerprint density at radius 1 is 1.50 bits per heavy atom. The second-order valence-corrected chi connectivity index (χ2v) is 2.32. The van der Waals surface area contributed by atoms with Gasteiger partial charge in [0.15, 0.2) is 0 Å². The molecule has 1 N–H and O–H groups in total. The lowest BCUT2D eigenvalue weighted by atomic mass is 10.5. The zero-order valence-electron chi connectivity index (χ0n) is 6.66. The molecular formula is C9H10N2O. The van der Waals surface area contributed by atoms with E-state index in [4.69, 9.17) is 6.42 Å². The van der Waals surface area contributed by atoms with Crippen LogP contribution in [0.1, 0.15) is 0 Å². The molecule has 0 fully saturated rings. The van der Waals surface area contributed by atoms with E-state index in [9.17, 15) is 4.79 Å². The summed E-state index contributed by atoms with van der Waals surface area (Å²) in [4.78, 5) is 10.6. The van der Waals surface area contributed by atoms with Gasteiger partial charge in [0.2, 0.25) is 0 Å². The average molecular weight is 162 g/mol. The SMILES string of the molecule is C#CC(=O)NCCn1cccc1. The molecule has 0 spiro atoms. The first kappa shape index (κ1) is 8.41. The van der Waals surface area contributed by atoms with Crippen molar-refractivity contribution in [1.29, 1.82) is 0 Å². The first-order valence-electron chi connectivity index (χ1n) is 3.68. The molecule has 0 atom stereocenters. The monoisotopic (exact) mass is 162 g/mol. The van der Waals surface area contributed by atoms with E-state index in [0.717, 1.165) is 6.54 Å². The summed E-state index contributed by atoms with van der Waals surface area (Å²) in [5, 5.41) is 2.57. The molecule has 62 valence electrons. The minimum atomic E-state index is -0.359. The average Bonchev–Trinajstić information content (AvgIpc) is 2.57. The van der Waals surface area contributed by atoms with E-state index in [-0.39, 0.29) is 5.91 Å². The quantitative estimate of drug-likeness (QED) is 0.634. The van der Waals surface area contributed by atoms with E-state index in [1.807, 2.05) is 35.0 Å². The Kier molecular flexibility index (Phi) is 2.97. The van der Waals surface area contributed by atoms with Crippen molar-refractivity contribution in [3.63, 3.8) is 0 Å². The Bertz CT molecular complexity index is 282. The second kappa shape index (κ2) is 4.24. The van der Waals surface area contributed by atoms with Crippen LogP contribution < -0.4 is 5.32 Å². The minimum absolute atomic E-state index is 0.359. The molecule has 12 heavy (non-hydrogen) atoms. The molecule has 1 aromatic heterocycles. The predicted molar refractivity (Wildman–Crippen MR) is 46.3 cm³/mol. The van der Waals surface area contributed by atoms with Crippen molar-refractivity contribution in [2.75, 3.05) is 6.54 Å². The van der Waals surface area contributed by atoms with Crippen LogP contribution in [0.3, 0.4) is 0 Å². The highest BCUT2D eigenvalue weighted by atomic mass is 16.1. The molecule has 0 radical (unpaired) electrons. The van der Waals surface area contributed by atoms with Gasteiger partial charge in [-0.3, -0.25) is 4.79 Å². The third kappa shape index (κ3) is 2.51. The van der Waals surface area contributed by atoms with Gasteiger partial charge in [0.25, 0.3) is 5.91 Å². The van der Waals surface area contributed by atoms with E-state index in [1.54, 1.807) is 0 Å². The summed E-state index contributed by atoms with van der Waals surface area (Å²) in [5.41, 5.74) is 0. The number of aromatic nitrogens is 1. The molecule has 0 saturated heterocycles. The van der Waals surface area contributed by atoms with E-state index < -0.39 is 0 Å². The zero-order chi connectivity index (χ0) is 8.81. The maximum Gasteiger partial charge on any atom is 0.295 e. The Hall–Kier alpha value is -1.69. The Labute approximate surface area is 71.4 Å². The van der Waals surface area contributed by atoms with Gasteiger partial charge in [0, 0.05) is 25.5 Å². The molecule has 0 saturated carbocycles. The Morgan fingerprint density at radius 3 is 2.75 bits per heavy atom. The minimum Gasteiger partial charge on any atom is -0.353 e. The van der Waals surface area contributed by atoms with E-state index in [1.165, 1.54) is 0 Å². The van der Waals surface area contributed by atoms with Crippen LogP contribution in [0.15, 0.2) is 24.5 Å². The maximum absolute atomic E-state index is 10.6. The van der Waals surface area contributed by atoms with Crippen LogP contribution >= 0.6 is 0 Å². The number of carbonyl (C=O) groups is 1. The molecule has 0 unspecified atom stereocenters. The van der Waals surface area contributed by atoms with Gasteiger partial charge in [-0.25, -0.2) is 0 Å². The highest BCUT2D eigenvalue weighted by Crippen LogP contribution is 1.87. The molecule has 0 aromatic carbocycles. The zero-order valence-corrected chi connectivity index (χ0v) is 6.66. The number of hydrogen-bond acceptors (Lipinski definition) is 1. The van der Waals surface area contributed by atoms with Gasteiger partial charge in [0.05, 0.1) is 0 Å². The maximum atomic E-state index is 10.6. The van der Waals surface area contributed by atoms with Crippen molar-refractivity contribution >= 4 is 5.91 Å². The Morgan fingerprint density at radius 2 is 2.17 bits per heavy atom. The van der Waals surface area contributed by atoms with Crippen LogP contribution in [-0.4, -0.2) is 17.0 Å². The van der Waals surface area contributed by atoms with E-state index in [2.05, 4.69) is 5.32 Å². The fourth-order valence-electron chi connectivity index (χ4n) is 0.869. The predicted octanol–water partition coefficient (Wildman–Crippen LogP) is 0.237. The molecule has 0 bridgehead atoms. The van der Waals surface area contributed by atoms with Crippen LogP contribution in [0.5, 0.6) is 0 Å². The molecular weight excluding hydrogens is 152 g/mol. The fraction of sp³-hybridized carbons (Fsp3) is 0.222. The lowest BCUT2D eigenvalue weighted by molar-refractivity contribution is -0.115. The molecule has 1 amide bonds. The number of amides is 1. The van der Waals surface area contributed by atoms with Crippen LogP contribution in [-0.2, 0) is 11.3 Å². The lowest BCUT2D eigenvalue weighted by Gasteiger charge is -2.01. The van der Waals surface area contributed by atoms with Crippen molar-refractivity contribution < 1.29 is 4.79 Å². The number of rotatable bonds is 3. The van der Waals surface area contributed by atoms with Gasteiger partial charge >= 0.3 is 0 Å². The number of nitrogens with one attached hydrogen (secondary N) is 1. The smallest absolute Gasteiger partial charge is 0.295 e. The number of carbonyl (C=O) groups excluding carboxylic acids is 1. The van der Waals surface area contributed by atoms with Crippen LogP contribution in [0.4, 0.5) is 0 Å². The molecule has 1 heterocycles. The third-order valence-corrected chi connectivity index (χ3v) is 1.45. The summed E-state index contributed by atoms with van der Waals surface area (Å²) in [6.45, 7) is 1.32. The van der Waals surface area contributed by atoms with Gasteiger partial charge in [0.1, 0.15) is 0 Å². The number of nitrogens with zero attached hydrogens (tertiary/aromatic N) is 1. The fourth-order valence-corrected chi connectivity index (χ4v) is 0.869. The number of terminal acetylenes is 1. The van der Waals surface area contributed by atoms with Crippen molar-refractivity contribution in [3.8, 4) is 12.3 Å². The third-order valence-electron chi connectivity index (χ3n) is 1.45. The molecule has 1 rings (SSSR count). The van der Waals surface area contributed by atoms with Crippen LogP contribution in [0, 0.1) is 12.3 Å². The van der Waals surface area contributed by atoms with Gasteiger partial charge in [-0.15, -0.1) is 6.42 Å². The van der Waals surface area contributed by atoms with E-state index >= 15 is 0 Å². The Balaban J connectivity index is 2.20. The van der Waals surface area contributed by atoms with Crippen molar-refractivity contribution in [1.82, 2.24) is 9.88 Å². The highest BCUT2D eigenvalue weighted by molar-refractivity contribution is 5.92. The van der Waals surface area contributed by atoms with Gasteiger partial charge in [-0.1, -0.05) is 0 Å². The van der Waals surface area contributed by atoms with Crippen LogP contribution in [0.2, 0.25) is 0 Å². The molecule has 3 heteroatoms. The summed E-state index contributed by atoms with van der Waals surface area (Å²) >= 11 is 0. The van der Waals surface area contributed by atoms with Crippen molar-refractivity contribution in [2.24, 2.45) is 0 Å². The first-order valence-corrected chi connectivity index (χ1v) is 3.68. The first-order chi connectivity index (χ1) is 5.83. The van der Waals surface area contributed by atoms with Crippen molar-refractivity contribution in [3.05, 3.63) is 24.5 Å². The number of hydrogen-bond donors (Lipinski definition) is 1.